The van der Waals surface area contributed by atoms with Gasteiger partial charge in [0.05, 0.1) is 18.1 Å². The van der Waals surface area contributed by atoms with Gasteiger partial charge in [0.1, 0.15) is 27.5 Å². The number of carboxylic acid groups (broad SMARTS) is 1. The summed E-state index contributed by atoms with van der Waals surface area (Å²) in [6.07, 6.45) is 5.76. The Hall–Kier alpha value is -4.58. The maximum absolute atomic E-state index is 13.7. The average Bonchev–Trinajstić information content (AvgIpc) is 3.44. The van der Waals surface area contributed by atoms with Crippen molar-refractivity contribution < 1.29 is 31.9 Å². The zero-order chi connectivity index (χ0) is 29.6. The number of carboxylic acids is 1. The minimum Gasteiger partial charge on any atom is -0.480 e. The Balaban J connectivity index is 1.68. The van der Waals surface area contributed by atoms with E-state index in [-0.39, 0.29) is 23.8 Å². The summed E-state index contributed by atoms with van der Waals surface area (Å²) in [6.45, 7) is 0.445. The minimum absolute atomic E-state index is 0.112. The number of aromatic nitrogens is 2. The van der Waals surface area contributed by atoms with Gasteiger partial charge in [-0.1, -0.05) is 24.3 Å². The van der Waals surface area contributed by atoms with Crippen LogP contribution in [0.3, 0.4) is 0 Å². The fourth-order valence-corrected chi connectivity index (χ4v) is 4.93. The summed E-state index contributed by atoms with van der Waals surface area (Å²) < 4.78 is 52.3. The highest BCUT2D eigenvalue weighted by atomic mass is 32.2. The van der Waals surface area contributed by atoms with Crippen LogP contribution >= 0.6 is 0 Å². The number of hydrogen-bond donors (Lipinski definition) is 3. The van der Waals surface area contributed by atoms with Gasteiger partial charge in [0, 0.05) is 36.4 Å². The number of carbonyl (C=O) groups excluding carboxylic acids is 1. The quantitative estimate of drug-likeness (QED) is 0.227. The van der Waals surface area contributed by atoms with Crippen LogP contribution in [0.5, 0.6) is 0 Å². The van der Waals surface area contributed by atoms with Gasteiger partial charge in [-0.05, 0) is 65.6 Å². The smallest absolute Gasteiger partial charge is 0.326 e. The van der Waals surface area contributed by atoms with Crippen molar-refractivity contribution in [2.24, 2.45) is 0 Å². The van der Waals surface area contributed by atoms with Crippen LogP contribution in [0.1, 0.15) is 28.4 Å². The number of amides is 1. The molecule has 214 valence electrons. The molecule has 0 saturated heterocycles. The first-order chi connectivity index (χ1) is 19.5. The van der Waals surface area contributed by atoms with Gasteiger partial charge < -0.3 is 20.3 Å². The summed E-state index contributed by atoms with van der Waals surface area (Å²) >= 11 is 0. The predicted octanol–water partition coefficient (Wildman–Crippen LogP) is 4.30. The molecule has 9 nitrogen and oxygen atoms in total. The maximum atomic E-state index is 13.7. The highest BCUT2D eigenvalue weighted by molar-refractivity contribution is 7.90. The molecule has 0 saturated carbocycles. The number of rotatable bonds is 12. The third-order valence-electron chi connectivity index (χ3n) is 6.37. The number of benzene rings is 3. The van der Waals surface area contributed by atoms with Crippen molar-refractivity contribution in [3.63, 3.8) is 0 Å². The Kier molecular flexibility index (Phi) is 9.13. The Morgan fingerprint density at radius 2 is 1.66 bits per heavy atom. The van der Waals surface area contributed by atoms with E-state index in [1.54, 1.807) is 43.0 Å². The topological polar surface area (TPSA) is 130 Å². The van der Waals surface area contributed by atoms with Gasteiger partial charge in [-0.15, -0.1) is 0 Å². The molecule has 41 heavy (non-hydrogen) atoms. The van der Waals surface area contributed by atoms with Gasteiger partial charge in [-0.25, -0.2) is 27.0 Å². The standard InChI is InChI=1S/C29H28F2N4O5S/c1-41(39,40)15-12-26(29(37)38)34-28(36)24-11-10-23(16-25(24)19-2-6-21(30)7-3-19)33-27(17-35-14-13-32-18-35)20-4-8-22(31)9-5-20/h2-11,13-14,16,18,26-27,33H,12,15,17H2,1H3,(H,34,36)(H,37,38)/t26-,27?/m0/s1. The zero-order valence-corrected chi connectivity index (χ0v) is 22.8. The van der Waals surface area contributed by atoms with E-state index < -0.39 is 39.3 Å². The first-order valence-electron chi connectivity index (χ1n) is 12.6. The van der Waals surface area contributed by atoms with Gasteiger partial charge >= 0.3 is 5.97 Å². The monoisotopic (exact) mass is 582 g/mol. The maximum Gasteiger partial charge on any atom is 0.326 e. The van der Waals surface area contributed by atoms with E-state index >= 15 is 0 Å². The van der Waals surface area contributed by atoms with Crippen molar-refractivity contribution in [2.45, 2.75) is 25.0 Å². The highest BCUT2D eigenvalue weighted by Crippen LogP contribution is 2.30. The number of aliphatic carboxylic acids is 1. The van der Waals surface area contributed by atoms with Crippen LogP contribution in [0.4, 0.5) is 14.5 Å². The van der Waals surface area contributed by atoms with Crippen LogP contribution in [0.25, 0.3) is 11.1 Å². The summed E-state index contributed by atoms with van der Waals surface area (Å²) in [4.78, 5) is 29.1. The van der Waals surface area contributed by atoms with Gasteiger partial charge in [-0.3, -0.25) is 4.79 Å². The normalized spacial score (nSPS) is 12.9. The van der Waals surface area contributed by atoms with Gasteiger partial charge in [-0.2, -0.15) is 0 Å². The lowest BCUT2D eigenvalue weighted by molar-refractivity contribution is -0.139. The lowest BCUT2D eigenvalue weighted by Gasteiger charge is -2.22. The van der Waals surface area contributed by atoms with Crippen molar-refractivity contribution in [3.8, 4) is 11.1 Å². The molecule has 3 aromatic carbocycles. The van der Waals surface area contributed by atoms with Crippen LogP contribution in [-0.2, 0) is 21.2 Å². The summed E-state index contributed by atoms with van der Waals surface area (Å²) in [5.41, 5.74) is 2.37. The molecule has 0 aliphatic rings. The molecule has 4 aromatic rings. The molecule has 0 radical (unpaired) electrons. The minimum atomic E-state index is -3.45. The Morgan fingerprint density at radius 3 is 2.24 bits per heavy atom. The molecule has 4 rings (SSSR count). The molecule has 0 aliphatic carbocycles. The SMILES string of the molecule is CS(=O)(=O)CC[C@H](NC(=O)c1ccc(NC(Cn2ccnc2)c2ccc(F)cc2)cc1-c1ccc(F)cc1)C(=O)O. The van der Waals surface area contributed by atoms with Gasteiger partial charge in [0.15, 0.2) is 0 Å². The lowest BCUT2D eigenvalue weighted by Crippen LogP contribution is -2.42. The molecular weight excluding hydrogens is 554 g/mol. The summed E-state index contributed by atoms with van der Waals surface area (Å²) in [5.74, 6) is -3.37. The van der Waals surface area contributed by atoms with Crippen molar-refractivity contribution in [3.05, 3.63) is 108 Å². The predicted molar refractivity (Wildman–Crippen MR) is 150 cm³/mol. The number of carbonyl (C=O) groups is 2. The summed E-state index contributed by atoms with van der Waals surface area (Å²) in [7, 11) is -3.45. The zero-order valence-electron chi connectivity index (χ0n) is 22.0. The molecular formula is C29H28F2N4O5S. The molecule has 12 heteroatoms. The van der Waals surface area contributed by atoms with E-state index in [0.29, 0.717) is 23.4 Å². The number of hydrogen-bond acceptors (Lipinski definition) is 6. The van der Waals surface area contributed by atoms with Crippen molar-refractivity contribution in [2.75, 3.05) is 17.3 Å². The van der Waals surface area contributed by atoms with Crippen molar-refractivity contribution in [1.29, 1.82) is 0 Å². The molecule has 1 aromatic heterocycles. The molecule has 0 fully saturated rings. The third-order valence-corrected chi connectivity index (χ3v) is 7.34. The second kappa shape index (κ2) is 12.7. The van der Waals surface area contributed by atoms with Gasteiger partial charge in [0.25, 0.3) is 5.91 Å². The molecule has 3 N–H and O–H groups in total. The average molecular weight is 583 g/mol. The fraction of sp³-hybridized carbons (Fsp3) is 0.207. The number of nitrogens with zero attached hydrogens (tertiary/aromatic N) is 2. The van der Waals surface area contributed by atoms with Crippen LogP contribution in [0.2, 0.25) is 0 Å². The Labute approximate surface area is 235 Å². The second-order valence-corrected chi connectivity index (χ2v) is 11.8. The molecule has 1 amide bonds. The number of nitrogens with one attached hydrogen (secondary N) is 2. The van der Waals surface area contributed by atoms with E-state index in [1.807, 2.05) is 4.57 Å². The molecule has 1 heterocycles. The Morgan fingerprint density at radius 1 is 1.00 bits per heavy atom. The van der Waals surface area contributed by atoms with Crippen molar-refractivity contribution in [1.82, 2.24) is 14.9 Å². The first-order valence-corrected chi connectivity index (χ1v) is 14.6. The first kappa shape index (κ1) is 29.4. The number of sulfone groups is 1. The lowest BCUT2D eigenvalue weighted by atomic mass is 9.97. The van der Waals surface area contributed by atoms with E-state index in [9.17, 15) is 31.9 Å². The molecule has 0 bridgehead atoms. The molecule has 0 spiro atoms. The van der Waals surface area contributed by atoms with E-state index in [0.717, 1.165) is 11.8 Å². The van der Waals surface area contributed by atoms with Gasteiger partial charge in [0.2, 0.25) is 0 Å². The third kappa shape index (κ3) is 8.21. The Bertz CT molecular complexity index is 1610. The van der Waals surface area contributed by atoms with E-state index in [4.69, 9.17) is 0 Å². The number of halogens is 2. The van der Waals surface area contributed by atoms with E-state index in [2.05, 4.69) is 15.6 Å². The molecule has 2 atom stereocenters. The summed E-state index contributed by atoms with van der Waals surface area (Å²) in [5, 5.41) is 15.4. The van der Waals surface area contributed by atoms with Crippen LogP contribution in [0, 0.1) is 11.6 Å². The van der Waals surface area contributed by atoms with Crippen molar-refractivity contribution >= 4 is 27.4 Å². The summed E-state index contributed by atoms with van der Waals surface area (Å²) in [6, 6.07) is 14.6. The molecule has 0 aliphatic heterocycles. The van der Waals surface area contributed by atoms with E-state index in [1.165, 1.54) is 42.5 Å². The number of imidazole rings is 1. The molecule has 1 unspecified atom stereocenters. The highest BCUT2D eigenvalue weighted by Gasteiger charge is 2.24. The van der Waals surface area contributed by atoms with Crippen LogP contribution < -0.4 is 10.6 Å². The second-order valence-electron chi connectivity index (χ2n) is 9.56. The number of anilines is 1. The fourth-order valence-electron chi connectivity index (χ4n) is 4.26. The largest absolute Gasteiger partial charge is 0.480 e. The van der Waals surface area contributed by atoms with Crippen LogP contribution in [0.15, 0.2) is 85.5 Å². The van der Waals surface area contributed by atoms with Crippen LogP contribution in [-0.4, -0.2) is 53.0 Å².